The van der Waals surface area contributed by atoms with Crippen LogP contribution in [0.5, 0.6) is 5.75 Å². The number of hydrogen-bond donors (Lipinski definition) is 1. The number of nitrogens with one attached hydrogen (secondary N) is 1. The minimum atomic E-state index is -0.644. The summed E-state index contributed by atoms with van der Waals surface area (Å²) in [4.78, 5) is 12.0. The minimum absolute atomic E-state index is 0.0476. The van der Waals surface area contributed by atoms with Crippen molar-refractivity contribution in [1.29, 1.82) is 0 Å². The minimum Gasteiger partial charge on any atom is -0.423 e. The predicted octanol–water partition coefficient (Wildman–Crippen LogP) is 6.11. The standard InChI is InChI=1S/C26H20F2N2O2/c1-2-24(31)32-23-11-7-6-10-19(23)25(18(14-15-27)17-8-4-3-5-9-17)20-12-13-22-21(26(20)28)16-29-30-22/h2-13,16H,1,14-15H2,(H,29,30)/b25-18+. The number of halogens is 2. The van der Waals surface area contributed by atoms with Gasteiger partial charge in [0.15, 0.2) is 0 Å². The number of alkyl halides is 1. The summed E-state index contributed by atoms with van der Waals surface area (Å²) >= 11 is 0. The average molecular weight is 430 g/mol. The third-order valence-corrected chi connectivity index (χ3v) is 5.13. The molecule has 0 atom stereocenters. The highest BCUT2D eigenvalue weighted by Gasteiger charge is 2.22. The van der Waals surface area contributed by atoms with E-state index in [1.807, 2.05) is 30.3 Å². The van der Waals surface area contributed by atoms with Crippen LogP contribution in [-0.4, -0.2) is 22.8 Å². The molecule has 0 aliphatic rings. The van der Waals surface area contributed by atoms with E-state index in [1.165, 1.54) is 6.20 Å². The number of benzene rings is 3. The molecule has 0 unspecified atom stereocenters. The lowest BCUT2D eigenvalue weighted by Gasteiger charge is -2.19. The first-order valence-corrected chi connectivity index (χ1v) is 10.0. The molecule has 0 spiro atoms. The van der Waals surface area contributed by atoms with Crippen molar-refractivity contribution in [3.63, 3.8) is 0 Å². The molecular weight excluding hydrogens is 410 g/mol. The number of ether oxygens (including phenoxy) is 1. The Kier molecular flexibility index (Phi) is 6.22. The van der Waals surface area contributed by atoms with Crippen molar-refractivity contribution in [2.45, 2.75) is 6.42 Å². The topological polar surface area (TPSA) is 55.0 Å². The van der Waals surface area contributed by atoms with Crippen molar-refractivity contribution in [1.82, 2.24) is 10.2 Å². The van der Waals surface area contributed by atoms with Crippen LogP contribution in [0.25, 0.3) is 22.0 Å². The van der Waals surface area contributed by atoms with Crippen LogP contribution in [-0.2, 0) is 4.79 Å². The molecule has 1 N–H and O–H groups in total. The fourth-order valence-corrected chi connectivity index (χ4v) is 3.71. The van der Waals surface area contributed by atoms with Crippen molar-refractivity contribution >= 4 is 28.0 Å². The second-order valence-electron chi connectivity index (χ2n) is 7.04. The smallest absolute Gasteiger partial charge is 0.335 e. The molecule has 1 heterocycles. The number of fused-ring (bicyclic) bond motifs is 1. The van der Waals surface area contributed by atoms with E-state index in [1.54, 1.807) is 36.4 Å². The van der Waals surface area contributed by atoms with Crippen LogP contribution in [0.4, 0.5) is 8.78 Å². The van der Waals surface area contributed by atoms with Gasteiger partial charge >= 0.3 is 5.97 Å². The van der Waals surface area contributed by atoms with E-state index in [2.05, 4.69) is 16.8 Å². The zero-order valence-electron chi connectivity index (χ0n) is 17.1. The lowest BCUT2D eigenvalue weighted by molar-refractivity contribution is -0.128. The third-order valence-electron chi connectivity index (χ3n) is 5.13. The highest BCUT2D eigenvalue weighted by atomic mass is 19.1. The Bertz CT molecular complexity index is 1310. The number of carbonyl (C=O) groups excluding carboxylic acids is 1. The Labute approximate surface area is 183 Å². The van der Waals surface area contributed by atoms with Crippen LogP contribution < -0.4 is 4.74 Å². The number of aromatic amines is 1. The molecule has 0 fully saturated rings. The highest BCUT2D eigenvalue weighted by Crippen LogP contribution is 2.40. The lowest BCUT2D eigenvalue weighted by atomic mass is 9.87. The van der Waals surface area contributed by atoms with Crippen molar-refractivity contribution in [3.05, 3.63) is 108 Å². The van der Waals surface area contributed by atoms with Crippen LogP contribution in [0.15, 0.2) is 85.6 Å². The van der Waals surface area contributed by atoms with Gasteiger partial charge < -0.3 is 4.74 Å². The van der Waals surface area contributed by atoms with E-state index in [9.17, 15) is 9.18 Å². The Morgan fingerprint density at radius 1 is 1.03 bits per heavy atom. The van der Waals surface area contributed by atoms with E-state index < -0.39 is 18.5 Å². The maximum absolute atomic E-state index is 15.7. The third kappa shape index (κ3) is 4.07. The SMILES string of the molecule is C=CC(=O)Oc1ccccc1/C(=C(/CCF)c1ccccc1)c1ccc2[nH]ncc2c1F. The van der Waals surface area contributed by atoms with Gasteiger partial charge in [0, 0.05) is 23.6 Å². The molecule has 160 valence electrons. The maximum atomic E-state index is 15.7. The normalized spacial score (nSPS) is 11.8. The molecule has 6 heteroatoms. The van der Waals surface area contributed by atoms with Crippen LogP contribution in [0.1, 0.15) is 23.1 Å². The van der Waals surface area contributed by atoms with Gasteiger partial charge in [0.05, 0.1) is 23.8 Å². The number of carbonyl (C=O) groups is 1. The molecule has 0 saturated carbocycles. The first-order chi connectivity index (χ1) is 15.6. The Morgan fingerprint density at radius 2 is 1.78 bits per heavy atom. The number of nitrogens with zero attached hydrogens (tertiary/aromatic N) is 1. The first-order valence-electron chi connectivity index (χ1n) is 10.0. The molecule has 4 nitrogen and oxygen atoms in total. The van der Waals surface area contributed by atoms with Crippen molar-refractivity contribution in [2.24, 2.45) is 0 Å². The molecule has 0 radical (unpaired) electrons. The van der Waals surface area contributed by atoms with Crippen molar-refractivity contribution in [3.8, 4) is 5.75 Å². The number of hydrogen-bond acceptors (Lipinski definition) is 3. The van der Waals surface area contributed by atoms with Gasteiger partial charge in [-0.1, -0.05) is 55.1 Å². The average Bonchev–Trinajstić information content (AvgIpc) is 3.31. The fourth-order valence-electron chi connectivity index (χ4n) is 3.71. The molecule has 3 aromatic carbocycles. The summed E-state index contributed by atoms with van der Waals surface area (Å²) in [5, 5.41) is 6.99. The van der Waals surface area contributed by atoms with Crippen LogP contribution in [0.2, 0.25) is 0 Å². The van der Waals surface area contributed by atoms with Gasteiger partial charge in [0.2, 0.25) is 0 Å². The van der Waals surface area contributed by atoms with Gasteiger partial charge in [-0.15, -0.1) is 0 Å². The summed E-state index contributed by atoms with van der Waals surface area (Å²) in [7, 11) is 0. The van der Waals surface area contributed by atoms with E-state index in [4.69, 9.17) is 4.74 Å². The second-order valence-corrected chi connectivity index (χ2v) is 7.04. The van der Waals surface area contributed by atoms with Crippen LogP contribution in [0, 0.1) is 5.82 Å². The predicted molar refractivity (Wildman–Crippen MR) is 121 cm³/mol. The summed E-state index contributed by atoms with van der Waals surface area (Å²) in [6.07, 6.45) is 2.51. The van der Waals surface area contributed by atoms with Crippen LogP contribution >= 0.6 is 0 Å². The van der Waals surface area contributed by atoms with Gasteiger partial charge in [-0.2, -0.15) is 5.10 Å². The maximum Gasteiger partial charge on any atom is 0.335 e. The highest BCUT2D eigenvalue weighted by molar-refractivity contribution is 6.02. The molecule has 4 aromatic rings. The van der Waals surface area contributed by atoms with Gasteiger partial charge in [0.25, 0.3) is 0 Å². The lowest BCUT2D eigenvalue weighted by Crippen LogP contribution is -2.07. The Hall–Kier alpha value is -4.06. The number of aromatic nitrogens is 2. The van der Waals surface area contributed by atoms with E-state index >= 15 is 4.39 Å². The van der Waals surface area contributed by atoms with Gasteiger partial charge in [-0.3, -0.25) is 9.49 Å². The number of para-hydroxylation sites is 1. The molecule has 4 rings (SSSR count). The summed E-state index contributed by atoms with van der Waals surface area (Å²) in [5.41, 5.74) is 3.06. The zero-order valence-corrected chi connectivity index (χ0v) is 17.1. The molecule has 0 aliphatic carbocycles. The van der Waals surface area contributed by atoms with Gasteiger partial charge in [-0.05, 0) is 34.9 Å². The molecular formula is C26H20F2N2O2. The molecule has 0 amide bonds. The number of H-pyrrole nitrogens is 1. The summed E-state index contributed by atoms with van der Waals surface area (Å²) in [6, 6.07) is 19.4. The molecule has 0 bridgehead atoms. The van der Waals surface area contributed by atoms with E-state index in [0.29, 0.717) is 27.6 Å². The Balaban J connectivity index is 2.07. The van der Waals surface area contributed by atoms with Gasteiger partial charge in [0.1, 0.15) is 11.6 Å². The summed E-state index contributed by atoms with van der Waals surface area (Å²) in [6.45, 7) is 2.80. The number of esters is 1. The quantitative estimate of drug-likeness (QED) is 0.167. The first kappa shape index (κ1) is 21.2. The molecule has 32 heavy (non-hydrogen) atoms. The fraction of sp³-hybridized carbons (Fsp3) is 0.0769. The molecule has 0 saturated heterocycles. The number of rotatable bonds is 7. The number of allylic oxidation sites excluding steroid dienone is 1. The van der Waals surface area contributed by atoms with Crippen LogP contribution in [0.3, 0.4) is 0 Å². The van der Waals surface area contributed by atoms with E-state index in [-0.39, 0.29) is 17.7 Å². The van der Waals surface area contributed by atoms with Crippen molar-refractivity contribution < 1.29 is 18.3 Å². The zero-order chi connectivity index (χ0) is 22.5. The Morgan fingerprint density at radius 3 is 2.53 bits per heavy atom. The second kappa shape index (κ2) is 9.39. The van der Waals surface area contributed by atoms with Crippen molar-refractivity contribution in [2.75, 3.05) is 6.67 Å². The van der Waals surface area contributed by atoms with E-state index in [0.717, 1.165) is 11.6 Å². The summed E-state index contributed by atoms with van der Waals surface area (Å²) in [5.74, 6) is -0.913. The largest absolute Gasteiger partial charge is 0.423 e. The monoisotopic (exact) mass is 430 g/mol. The molecule has 1 aromatic heterocycles. The van der Waals surface area contributed by atoms with Gasteiger partial charge in [-0.25, -0.2) is 9.18 Å². The molecule has 0 aliphatic heterocycles. The summed E-state index contributed by atoms with van der Waals surface area (Å²) < 4.78 is 34.9.